The largest absolute Gasteiger partial charge is 0.497 e. The average Bonchev–Trinajstić information content (AvgIpc) is 3.56. The molecule has 2 N–H and O–H groups in total. The van der Waals surface area contributed by atoms with Gasteiger partial charge in [-0.2, -0.15) is 0 Å². The maximum Gasteiger partial charge on any atom is 0.236 e. The van der Waals surface area contributed by atoms with Gasteiger partial charge >= 0.3 is 0 Å². The van der Waals surface area contributed by atoms with Crippen molar-refractivity contribution in [2.24, 2.45) is 0 Å². The number of anilines is 1. The number of ether oxygens (including phenoxy) is 1. The first-order valence-corrected chi connectivity index (χ1v) is 14.4. The Balaban J connectivity index is 1.30. The van der Waals surface area contributed by atoms with Crippen molar-refractivity contribution in [1.29, 1.82) is 0 Å². The molecule has 0 aliphatic heterocycles. The summed E-state index contributed by atoms with van der Waals surface area (Å²) >= 11 is 2.72. The van der Waals surface area contributed by atoms with Crippen LogP contribution in [-0.2, 0) is 22.6 Å². The van der Waals surface area contributed by atoms with Crippen molar-refractivity contribution < 1.29 is 14.3 Å². The second kappa shape index (κ2) is 12.3. The van der Waals surface area contributed by atoms with Gasteiger partial charge in [0.25, 0.3) is 0 Å². The van der Waals surface area contributed by atoms with Crippen LogP contribution in [0.3, 0.4) is 0 Å². The lowest BCUT2D eigenvalue weighted by atomic mass is 10.1. The number of carbonyl (C=O) groups excluding carboxylic acids is 2. The number of hydrogen-bond donors (Lipinski definition) is 2. The van der Waals surface area contributed by atoms with E-state index in [1.807, 2.05) is 85.1 Å². The second-order valence-electron chi connectivity index (χ2n) is 9.08. The van der Waals surface area contributed by atoms with Gasteiger partial charge in [0.2, 0.25) is 11.8 Å². The van der Waals surface area contributed by atoms with E-state index in [4.69, 9.17) is 4.74 Å². The van der Waals surface area contributed by atoms with E-state index in [2.05, 4.69) is 25.8 Å². The summed E-state index contributed by atoms with van der Waals surface area (Å²) in [5, 5.41) is 15.7. The van der Waals surface area contributed by atoms with E-state index in [0.29, 0.717) is 16.1 Å². The van der Waals surface area contributed by atoms with Gasteiger partial charge in [0.15, 0.2) is 16.1 Å². The van der Waals surface area contributed by atoms with Gasteiger partial charge in [-0.1, -0.05) is 59.5 Å². The number of fused-ring (bicyclic) bond motifs is 1. The second-order valence-corrected chi connectivity index (χ2v) is 11.1. The smallest absolute Gasteiger partial charge is 0.236 e. The Morgan fingerprint density at radius 2 is 1.77 bits per heavy atom. The van der Waals surface area contributed by atoms with Crippen LogP contribution in [0.4, 0.5) is 5.13 Å². The minimum atomic E-state index is -0.186. The number of para-hydroxylation sites is 1. The van der Waals surface area contributed by atoms with E-state index < -0.39 is 0 Å². The molecule has 11 heteroatoms. The van der Waals surface area contributed by atoms with Gasteiger partial charge in [0.1, 0.15) is 5.75 Å². The molecule has 40 heavy (non-hydrogen) atoms. The highest BCUT2D eigenvalue weighted by Gasteiger charge is 2.19. The number of nitrogens with one attached hydrogen (secondary N) is 2. The molecule has 5 aromatic rings. The monoisotopic (exact) mass is 572 g/mol. The molecule has 0 aliphatic carbocycles. The minimum Gasteiger partial charge on any atom is -0.497 e. The quantitative estimate of drug-likeness (QED) is 0.224. The zero-order chi connectivity index (χ0) is 28.1. The van der Waals surface area contributed by atoms with Crippen LogP contribution in [0.15, 0.2) is 71.9 Å². The van der Waals surface area contributed by atoms with Crippen molar-refractivity contribution in [3.8, 4) is 11.4 Å². The fourth-order valence-electron chi connectivity index (χ4n) is 4.11. The third-order valence-electron chi connectivity index (χ3n) is 6.36. The first-order valence-electron chi connectivity index (χ1n) is 12.6. The molecule has 2 heterocycles. The summed E-state index contributed by atoms with van der Waals surface area (Å²) in [5.41, 5.74) is 4.81. The highest BCUT2D eigenvalue weighted by molar-refractivity contribution is 7.99. The van der Waals surface area contributed by atoms with E-state index in [1.165, 1.54) is 23.1 Å². The predicted molar refractivity (Wildman–Crippen MR) is 158 cm³/mol. The number of hydrogen-bond acceptors (Lipinski definition) is 8. The molecule has 0 spiro atoms. The fraction of sp³-hybridized carbons (Fsp3) is 0.207. The molecule has 2 amide bonds. The third kappa shape index (κ3) is 6.32. The van der Waals surface area contributed by atoms with Gasteiger partial charge in [-0.15, -0.1) is 10.2 Å². The number of methoxy groups -OCH3 is 1. The van der Waals surface area contributed by atoms with Gasteiger partial charge in [-0.25, -0.2) is 4.98 Å². The van der Waals surface area contributed by atoms with Crippen molar-refractivity contribution in [3.05, 3.63) is 89.2 Å². The maximum atomic E-state index is 12.8. The molecule has 0 aliphatic rings. The van der Waals surface area contributed by atoms with Crippen molar-refractivity contribution in [3.63, 3.8) is 0 Å². The maximum absolute atomic E-state index is 12.8. The van der Waals surface area contributed by atoms with E-state index in [-0.39, 0.29) is 30.5 Å². The lowest BCUT2D eigenvalue weighted by Gasteiger charge is -2.15. The molecule has 0 saturated carbocycles. The Hall–Kier alpha value is -4.22. The van der Waals surface area contributed by atoms with Crippen LogP contribution in [0.25, 0.3) is 15.9 Å². The SMILES string of the molecule is COc1ccc(CC(=O)NCc2nnc(SCC(=O)Nc3nc4ccccc4s3)n2-c2cccc(C)c2C)cc1. The number of thiazole rings is 1. The highest BCUT2D eigenvalue weighted by atomic mass is 32.2. The molecule has 5 rings (SSSR count). The molecule has 0 saturated heterocycles. The van der Waals surface area contributed by atoms with Crippen molar-refractivity contribution >= 4 is 50.3 Å². The number of benzene rings is 3. The predicted octanol–water partition coefficient (Wildman–Crippen LogP) is 5.09. The molecule has 3 aromatic carbocycles. The zero-order valence-electron chi connectivity index (χ0n) is 22.3. The molecule has 0 radical (unpaired) electrons. The number of amides is 2. The summed E-state index contributed by atoms with van der Waals surface area (Å²) in [6, 6.07) is 21.1. The normalized spacial score (nSPS) is 11.0. The summed E-state index contributed by atoms with van der Waals surface area (Å²) in [5.74, 6) is 1.12. The Morgan fingerprint density at radius 1 is 0.975 bits per heavy atom. The first kappa shape index (κ1) is 27.4. The zero-order valence-corrected chi connectivity index (χ0v) is 23.9. The Morgan fingerprint density at radius 3 is 2.55 bits per heavy atom. The number of thioether (sulfide) groups is 1. The summed E-state index contributed by atoms with van der Waals surface area (Å²) in [7, 11) is 1.61. The standard InChI is InChI=1S/C29H28N6O3S2/c1-18-7-6-9-23(19(18)2)35-25(16-30-26(36)15-20-11-13-21(38-3)14-12-20)33-34-29(35)39-17-27(37)32-28-31-22-8-4-5-10-24(22)40-28/h4-14H,15-17H2,1-3H3,(H,30,36)(H,31,32,37). The molecular weight excluding hydrogens is 544 g/mol. The van der Waals surface area contributed by atoms with Crippen LogP contribution < -0.4 is 15.4 Å². The molecule has 204 valence electrons. The average molecular weight is 573 g/mol. The van der Waals surface area contributed by atoms with Crippen LogP contribution in [0, 0.1) is 13.8 Å². The topological polar surface area (TPSA) is 111 Å². The third-order valence-corrected chi connectivity index (χ3v) is 8.24. The number of aromatic nitrogens is 4. The molecule has 9 nitrogen and oxygen atoms in total. The Labute approximate surface area is 240 Å². The van der Waals surface area contributed by atoms with Crippen LogP contribution >= 0.6 is 23.1 Å². The lowest BCUT2D eigenvalue weighted by molar-refractivity contribution is -0.120. The number of nitrogens with zero attached hydrogens (tertiary/aromatic N) is 4. The van der Waals surface area contributed by atoms with E-state index in [0.717, 1.165) is 38.3 Å². The Kier molecular flexibility index (Phi) is 8.42. The molecular formula is C29H28N6O3S2. The minimum absolute atomic E-state index is 0.128. The van der Waals surface area contributed by atoms with E-state index in [1.54, 1.807) is 7.11 Å². The van der Waals surface area contributed by atoms with Gasteiger partial charge in [-0.05, 0) is 60.9 Å². The van der Waals surface area contributed by atoms with Crippen LogP contribution in [0.2, 0.25) is 0 Å². The summed E-state index contributed by atoms with van der Waals surface area (Å²) < 4.78 is 8.10. The van der Waals surface area contributed by atoms with Gasteiger partial charge < -0.3 is 15.4 Å². The molecule has 0 bridgehead atoms. The highest BCUT2D eigenvalue weighted by Crippen LogP contribution is 2.28. The van der Waals surface area contributed by atoms with Gasteiger partial charge in [0, 0.05) is 0 Å². The first-order chi connectivity index (χ1) is 19.4. The summed E-state index contributed by atoms with van der Waals surface area (Å²) in [6.07, 6.45) is 0.231. The van der Waals surface area contributed by atoms with Gasteiger partial charge in [-0.3, -0.25) is 14.2 Å². The van der Waals surface area contributed by atoms with Crippen molar-refractivity contribution in [1.82, 2.24) is 25.1 Å². The van der Waals surface area contributed by atoms with Crippen molar-refractivity contribution in [2.45, 2.75) is 32.0 Å². The molecule has 0 unspecified atom stereocenters. The number of rotatable bonds is 10. The molecule has 0 fully saturated rings. The lowest BCUT2D eigenvalue weighted by Crippen LogP contribution is -2.26. The van der Waals surface area contributed by atoms with Crippen LogP contribution in [-0.4, -0.2) is 44.4 Å². The molecule has 0 atom stereocenters. The molecule has 2 aromatic heterocycles. The van der Waals surface area contributed by atoms with Crippen LogP contribution in [0.1, 0.15) is 22.5 Å². The Bertz CT molecular complexity index is 1630. The van der Waals surface area contributed by atoms with Gasteiger partial charge in [0.05, 0.1) is 41.7 Å². The van der Waals surface area contributed by atoms with Crippen LogP contribution in [0.5, 0.6) is 5.75 Å². The summed E-state index contributed by atoms with van der Waals surface area (Å²) in [6.45, 7) is 4.26. The fourth-order valence-corrected chi connectivity index (χ4v) is 5.75. The van der Waals surface area contributed by atoms with E-state index >= 15 is 0 Å². The van der Waals surface area contributed by atoms with Crippen molar-refractivity contribution in [2.75, 3.05) is 18.2 Å². The number of aryl methyl sites for hydroxylation is 1. The number of carbonyl (C=O) groups is 2. The summed E-state index contributed by atoms with van der Waals surface area (Å²) in [4.78, 5) is 30.0. The van der Waals surface area contributed by atoms with E-state index in [9.17, 15) is 9.59 Å².